The van der Waals surface area contributed by atoms with Crippen LogP contribution in [0.3, 0.4) is 0 Å². The van der Waals surface area contributed by atoms with E-state index < -0.39 is 0 Å². The summed E-state index contributed by atoms with van der Waals surface area (Å²) in [6, 6.07) is 3.70. The molecule has 0 spiro atoms. The average Bonchev–Trinajstić information content (AvgIpc) is 2.85. The van der Waals surface area contributed by atoms with Gasteiger partial charge in [0.05, 0.1) is 11.6 Å². The van der Waals surface area contributed by atoms with Crippen LogP contribution in [0.2, 0.25) is 0 Å². The van der Waals surface area contributed by atoms with Crippen LogP contribution in [0.25, 0.3) is 0 Å². The molecular formula is C17H23N5OS. The van der Waals surface area contributed by atoms with Crippen LogP contribution in [0.15, 0.2) is 23.4 Å². The highest BCUT2D eigenvalue weighted by Crippen LogP contribution is 2.30. The molecular weight excluding hydrogens is 322 g/mol. The number of hydrogen-bond donors (Lipinski definition) is 1. The summed E-state index contributed by atoms with van der Waals surface area (Å²) in [7, 11) is 0. The topological polar surface area (TPSA) is 72.7 Å². The molecule has 1 amide bonds. The maximum atomic E-state index is 12.6. The lowest BCUT2D eigenvalue weighted by molar-refractivity contribution is 0.0926. The first kappa shape index (κ1) is 17.0. The van der Waals surface area contributed by atoms with E-state index in [2.05, 4.69) is 41.2 Å². The Morgan fingerprint density at radius 2 is 2.21 bits per heavy atom. The third-order valence-electron chi connectivity index (χ3n) is 3.71. The third-order valence-corrected chi connectivity index (χ3v) is 4.75. The molecule has 0 saturated heterocycles. The Labute approximate surface area is 146 Å². The molecule has 7 heteroatoms. The van der Waals surface area contributed by atoms with Crippen molar-refractivity contribution >= 4 is 17.7 Å². The number of thioether (sulfide) groups is 1. The molecule has 0 aromatic carbocycles. The SMILES string of the molecule is Cc1nc2n(n1)C[C@H](NC(=O)c1ccnc(SC(C)(C)C)c1)CC2. The summed E-state index contributed by atoms with van der Waals surface area (Å²) in [5.41, 5.74) is 0.650. The molecule has 0 bridgehead atoms. The van der Waals surface area contributed by atoms with Gasteiger partial charge in [0.15, 0.2) is 0 Å². The normalized spacial score (nSPS) is 17.4. The summed E-state index contributed by atoms with van der Waals surface area (Å²) in [4.78, 5) is 21.3. The van der Waals surface area contributed by atoms with Crippen molar-refractivity contribution in [2.24, 2.45) is 0 Å². The highest BCUT2D eigenvalue weighted by atomic mass is 32.2. The van der Waals surface area contributed by atoms with Gasteiger partial charge in [-0.2, -0.15) is 5.10 Å². The van der Waals surface area contributed by atoms with Crippen LogP contribution in [0.5, 0.6) is 0 Å². The second kappa shape index (κ2) is 6.55. The average molecular weight is 345 g/mol. The first-order valence-electron chi connectivity index (χ1n) is 8.16. The van der Waals surface area contributed by atoms with E-state index in [1.165, 1.54) is 0 Å². The molecule has 3 rings (SSSR count). The molecule has 3 heterocycles. The molecule has 2 aromatic heterocycles. The summed E-state index contributed by atoms with van der Waals surface area (Å²) < 4.78 is 1.96. The Hall–Kier alpha value is -1.89. The smallest absolute Gasteiger partial charge is 0.251 e. The Balaban J connectivity index is 1.66. The number of pyridine rings is 1. The number of nitrogens with one attached hydrogen (secondary N) is 1. The molecule has 0 radical (unpaired) electrons. The predicted octanol–water partition coefficient (Wildman–Crippen LogP) is 2.62. The van der Waals surface area contributed by atoms with E-state index in [-0.39, 0.29) is 16.7 Å². The highest BCUT2D eigenvalue weighted by molar-refractivity contribution is 8.00. The van der Waals surface area contributed by atoms with Gasteiger partial charge in [0.1, 0.15) is 11.6 Å². The second-order valence-electron chi connectivity index (χ2n) is 7.06. The number of aromatic nitrogens is 4. The summed E-state index contributed by atoms with van der Waals surface area (Å²) in [5.74, 6) is 1.74. The van der Waals surface area contributed by atoms with Gasteiger partial charge < -0.3 is 5.32 Å². The van der Waals surface area contributed by atoms with Crippen molar-refractivity contribution in [1.82, 2.24) is 25.1 Å². The van der Waals surface area contributed by atoms with E-state index in [1.807, 2.05) is 17.7 Å². The van der Waals surface area contributed by atoms with Crippen LogP contribution in [0, 0.1) is 6.92 Å². The minimum Gasteiger partial charge on any atom is -0.347 e. The number of carbonyl (C=O) groups excluding carboxylic acids is 1. The lowest BCUT2D eigenvalue weighted by Gasteiger charge is -2.23. The second-order valence-corrected chi connectivity index (χ2v) is 8.91. The Morgan fingerprint density at radius 3 is 2.96 bits per heavy atom. The molecule has 0 unspecified atom stereocenters. The van der Waals surface area contributed by atoms with E-state index >= 15 is 0 Å². The molecule has 24 heavy (non-hydrogen) atoms. The van der Waals surface area contributed by atoms with Crippen LogP contribution < -0.4 is 5.32 Å². The first-order chi connectivity index (χ1) is 11.3. The van der Waals surface area contributed by atoms with Gasteiger partial charge in [-0.15, -0.1) is 11.8 Å². The van der Waals surface area contributed by atoms with Gasteiger partial charge in [0.2, 0.25) is 0 Å². The Morgan fingerprint density at radius 1 is 1.42 bits per heavy atom. The number of nitrogens with zero attached hydrogens (tertiary/aromatic N) is 4. The maximum absolute atomic E-state index is 12.6. The van der Waals surface area contributed by atoms with Crippen molar-refractivity contribution in [2.75, 3.05) is 0 Å². The third kappa shape index (κ3) is 4.14. The molecule has 128 valence electrons. The van der Waals surface area contributed by atoms with Crippen LogP contribution in [0.4, 0.5) is 0 Å². The molecule has 1 N–H and O–H groups in total. The van der Waals surface area contributed by atoms with Crippen molar-refractivity contribution in [3.05, 3.63) is 35.5 Å². The fraction of sp³-hybridized carbons (Fsp3) is 0.529. The van der Waals surface area contributed by atoms with Crippen molar-refractivity contribution < 1.29 is 4.79 Å². The molecule has 1 aliphatic heterocycles. The van der Waals surface area contributed by atoms with E-state index in [0.717, 1.165) is 29.5 Å². The number of rotatable bonds is 3. The van der Waals surface area contributed by atoms with Gasteiger partial charge in [-0.1, -0.05) is 20.8 Å². The van der Waals surface area contributed by atoms with Gasteiger partial charge in [0, 0.05) is 29.0 Å². The predicted molar refractivity (Wildman–Crippen MR) is 94.2 cm³/mol. The van der Waals surface area contributed by atoms with Crippen LogP contribution >= 0.6 is 11.8 Å². The van der Waals surface area contributed by atoms with Gasteiger partial charge >= 0.3 is 0 Å². The molecule has 1 atom stereocenters. The van der Waals surface area contributed by atoms with Crippen molar-refractivity contribution in [2.45, 2.75) is 62.9 Å². The molecule has 0 fully saturated rings. The number of hydrogen-bond acceptors (Lipinski definition) is 5. The molecule has 0 saturated carbocycles. The first-order valence-corrected chi connectivity index (χ1v) is 8.98. The van der Waals surface area contributed by atoms with E-state index in [4.69, 9.17) is 0 Å². The number of aryl methyl sites for hydroxylation is 2. The Kier molecular flexibility index (Phi) is 4.62. The Bertz CT molecular complexity index is 750. The van der Waals surface area contributed by atoms with Gasteiger partial charge in [-0.05, 0) is 25.5 Å². The summed E-state index contributed by atoms with van der Waals surface area (Å²) in [5, 5.41) is 8.36. The number of amides is 1. The van der Waals surface area contributed by atoms with Crippen molar-refractivity contribution in [3.8, 4) is 0 Å². The lowest BCUT2D eigenvalue weighted by Crippen LogP contribution is -2.41. The fourth-order valence-corrected chi connectivity index (χ4v) is 3.67. The van der Waals surface area contributed by atoms with Crippen LogP contribution in [-0.2, 0) is 13.0 Å². The monoisotopic (exact) mass is 345 g/mol. The minimum atomic E-state index is -0.0570. The van der Waals surface area contributed by atoms with E-state index in [1.54, 1.807) is 24.0 Å². The van der Waals surface area contributed by atoms with Gasteiger partial charge in [-0.3, -0.25) is 4.79 Å². The van der Waals surface area contributed by atoms with E-state index in [9.17, 15) is 4.79 Å². The number of fused-ring (bicyclic) bond motifs is 1. The quantitative estimate of drug-likeness (QED) is 0.866. The number of carbonyl (C=O) groups is 1. The largest absolute Gasteiger partial charge is 0.347 e. The van der Waals surface area contributed by atoms with E-state index in [0.29, 0.717) is 12.1 Å². The molecule has 1 aliphatic rings. The zero-order valence-corrected chi connectivity index (χ0v) is 15.4. The van der Waals surface area contributed by atoms with Crippen LogP contribution in [-0.4, -0.2) is 36.4 Å². The van der Waals surface area contributed by atoms with Crippen LogP contribution in [0.1, 0.15) is 49.2 Å². The zero-order chi connectivity index (χ0) is 17.3. The highest BCUT2D eigenvalue weighted by Gasteiger charge is 2.23. The summed E-state index contributed by atoms with van der Waals surface area (Å²) >= 11 is 1.66. The fourth-order valence-electron chi connectivity index (χ4n) is 2.74. The summed E-state index contributed by atoms with van der Waals surface area (Å²) in [6.45, 7) is 8.96. The lowest BCUT2D eigenvalue weighted by atomic mass is 10.1. The molecule has 2 aromatic rings. The molecule has 0 aliphatic carbocycles. The van der Waals surface area contributed by atoms with Gasteiger partial charge in [-0.25, -0.2) is 14.6 Å². The standard InChI is InChI=1S/C17H23N5OS/c1-11-19-14-6-5-13(10-22(14)21-11)20-16(23)12-7-8-18-15(9-12)24-17(2,3)4/h7-9,13H,5-6,10H2,1-4H3,(H,20,23)/t13-/m1/s1. The molecule has 6 nitrogen and oxygen atoms in total. The minimum absolute atomic E-state index is 0.0570. The zero-order valence-electron chi connectivity index (χ0n) is 14.5. The van der Waals surface area contributed by atoms with Gasteiger partial charge in [0.25, 0.3) is 5.91 Å². The summed E-state index contributed by atoms with van der Waals surface area (Å²) in [6.07, 6.45) is 3.43. The van der Waals surface area contributed by atoms with Crippen molar-refractivity contribution in [1.29, 1.82) is 0 Å². The van der Waals surface area contributed by atoms with Crippen molar-refractivity contribution in [3.63, 3.8) is 0 Å². The maximum Gasteiger partial charge on any atom is 0.251 e.